The van der Waals surface area contributed by atoms with Crippen LogP contribution in [0, 0.1) is 5.92 Å². The number of rotatable bonds is 4. The highest BCUT2D eigenvalue weighted by Gasteiger charge is 2.39. The van der Waals surface area contributed by atoms with Crippen LogP contribution < -0.4 is 5.73 Å². The summed E-state index contributed by atoms with van der Waals surface area (Å²) < 4.78 is 0. The van der Waals surface area contributed by atoms with Crippen LogP contribution in [0.4, 0.5) is 0 Å². The fourth-order valence-corrected chi connectivity index (χ4v) is 3.78. The molecule has 0 bridgehead atoms. The Hall–Kier alpha value is -0.120. The van der Waals surface area contributed by atoms with Gasteiger partial charge in [-0.25, -0.2) is 0 Å². The third-order valence-corrected chi connectivity index (χ3v) is 5.03. The molecule has 1 atom stereocenters. The second-order valence-corrected chi connectivity index (χ2v) is 6.46. The first-order valence-electron chi connectivity index (χ1n) is 7.87. The number of hydrogen-bond acceptors (Lipinski definition) is 3. The highest BCUT2D eigenvalue weighted by atomic mass is 15.2. The molecule has 0 aliphatic carbocycles. The van der Waals surface area contributed by atoms with E-state index in [1.54, 1.807) is 0 Å². The number of nitrogens with zero attached hydrogens (tertiary/aromatic N) is 2. The average Bonchev–Trinajstić information content (AvgIpc) is 2.40. The number of hydrogen-bond donors (Lipinski definition) is 1. The van der Waals surface area contributed by atoms with Crippen molar-refractivity contribution in [1.82, 2.24) is 9.80 Å². The maximum absolute atomic E-state index is 6.17. The molecule has 2 fully saturated rings. The van der Waals surface area contributed by atoms with Gasteiger partial charge >= 0.3 is 0 Å². The molecule has 1 unspecified atom stereocenters. The molecule has 2 N–H and O–H groups in total. The summed E-state index contributed by atoms with van der Waals surface area (Å²) in [4.78, 5) is 5.34. The average molecular weight is 253 g/mol. The molecule has 0 spiro atoms. The molecule has 2 aliphatic rings. The van der Waals surface area contributed by atoms with Gasteiger partial charge in [0.15, 0.2) is 0 Å². The normalized spacial score (nSPS) is 30.5. The lowest BCUT2D eigenvalue weighted by atomic mass is 9.83. The first-order valence-corrected chi connectivity index (χ1v) is 7.87. The lowest BCUT2D eigenvalue weighted by Crippen LogP contribution is -2.61. The Bertz CT molecular complexity index is 246. The summed E-state index contributed by atoms with van der Waals surface area (Å²) in [7, 11) is 0. The molecule has 0 amide bonds. The summed E-state index contributed by atoms with van der Waals surface area (Å²) in [5.74, 6) is 0.857. The summed E-state index contributed by atoms with van der Waals surface area (Å²) in [6, 6.07) is 0. The summed E-state index contributed by atoms with van der Waals surface area (Å²) in [5, 5.41) is 0. The van der Waals surface area contributed by atoms with E-state index in [2.05, 4.69) is 23.6 Å². The van der Waals surface area contributed by atoms with Crippen molar-refractivity contribution in [2.45, 2.75) is 51.5 Å². The fourth-order valence-electron chi connectivity index (χ4n) is 3.78. The highest BCUT2D eigenvalue weighted by molar-refractivity contribution is 4.97. The van der Waals surface area contributed by atoms with Gasteiger partial charge in [0.05, 0.1) is 0 Å². The van der Waals surface area contributed by atoms with Gasteiger partial charge in [-0.05, 0) is 64.2 Å². The standard InChI is InChI=1S/C15H31N3/c1-3-8-17-10-6-15(13-16,7-11-17)18-9-4-5-14(2)12-18/h14H,3-13,16H2,1-2H3. The van der Waals surface area contributed by atoms with Crippen molar-refractivity contribution < 1.29 is 0 Å². The van der Waals surface area contributed by atoms with E-state index in [-0.39, 0.29) is 0 Å². The number of piperidine rings is 2. The van der Waals surface area contributed by atoms with Crippen LogP contribution in [0.15, 0.2) is 0 Å². The molecule has 2 heterocycles. The predicted molar refractivity (Wildman–Crippen MR) is 77.7 cm³/mol. The van der Waals surface area contributed by atoms with Crippen molar-refractivity contribution >= 4 is 0 Å². The number of nitrogens with two attached hydrogens (primary N) is 1. The van der Waals surface area contributed by atoms with Crippen LogP contribution in [-0.4, -0.2) is 54.6 Å². The summed E-state index contributed by atoms with van der Waals surface area (Å²) in [6.07, 6.45) is 6.59. The van der Waals surface area contributed by atoms with Crippen LogP contribution >= 0.6 is 0 Å². The van der Waals surface area contributed by atoms with Gasteiger partial charge in [0.25, 0.3) is 0 Å². The van der Waals surface area contributed by atoms with Crippen molar-refractivity contribution in [3.8, 4) is 0 Å². The van der Waals surface area contributed by atoms with Crippen LogP contribution in [0.1, 0.15) is 46.0 Å². The van der Waals surface area contributed by atoms with Crippen molar-refractivity contribution in [3.05, 3.63) is 0 Å². The zero-order valence-electron chi connectivity index (χ0n) is 12.3. The van der Waals surface area contributed by atoms with Crippen molar-refractivity contribution in [2.24, 2.45) is 11.7 Å². The Balaban J connectivity index is 1.95. The largest absolute Gasteiger partial charge is 0.329 e. The van der Waals surface area contributed by atoms with E-state index in [1.807, 2.05) is 0 Å². The Labute approximate surface area is 113 Å². The molecule has 2 saturated heterocycles. The van der Waals surface area contributed by atoms with Crippen LogP contribution in [-0.2, 0) is 0 Å². The Morgan fingerprint density at radius 3 is 2.50 bits per heavy atom. The van der Waals surface area contributed by atoms with E-state index in [0.717, 1.165) is 12.5 Å². The van der Waals surface area contributed by atoms with E-state index >= 15 is 0 Å². The molecule has 2 rings (SSSR count). The second-order valence-electron chi connectivity index (χ2n) is 6.46. The van der Waals surface area contributed by atoms with Crippen molar-refractivity contribution in [1.29, 1.82) is 0 Å². The molecule has 3 nitrogen and oxygen atoms in total. The molecular formula is C15H31N3. The quantitative estimate of drug-likeness (QED) is 0.831. The zero-order valence-corrected chi connectivity index (χ0v) is 12.3. The van der Waals surface area contributed by atoms with Gasteiger partial charge in [-0.1, -0.05) is 13.8 Å². The first kappa shape index (κ1) is 14.3. The van der Waals surface area contributed by atoms with Crippen LogP contribution in [0.25, 0.3) is 0 Å². The molecule has 2 aliphatic heterocycles. The maximum Gasteiger partial charge on any atom is 0.0356 e. The summed E-state index contributed by atoms with van der Waals surface area (Å²) in [6.45, 7) is 11.8. The molecule has 106 valence electrons. The molecule has 0 aromatic carbocycles. The minimum atomic E-state index is 0.318. The molecular weight excluding hydrogens is 222 g/mol. The molecule has 0 aromatic rings. The van der Waals surface area contributed by atoms with Gasteiger partial charge in [-0.3, -0.25) is 4.90 Å². The molecule has 0 saturated carbocycles. The van der Waals surface area contributed by atoms with E-state index in [4.69, 9.17) is 5.73 Å². The topological polar surface area (TPSA) is 32.5 Å². The van der Waals surface area contributed by atoms with Gasteiger partial charge in [-0.15, -0.1) is 0 Å². The van der Waals surface area contributed by atoms with E-state index < -0.39 is 0 Å². The maximum atomic E-state index is 6.17. The van der Waals surface area contributed by atoms with Gasteiger partial charge in [-0.2, -0.15) is 0 Å². The Kier molecular flexibility index (Phi) is 5.05. The van der Waals surface area contributed by atoms with Gasteiger partial charge < -0.3 is 10.6 Å². The van der Waals surface area contributed by atoms with Crippen LogP contribution in [0.2, 0.25) is 0 Å². The molecule has 0 radical (unpaired) electrons. The smallest absolute Gasteiger partial charge is 0.0356 e. The molecule has 0 aromatic heterocycles. The lowest BCUT2D eigenvalue weighted by molar-refractivity contribution is 0.00166. The minimum Gasteiger partial charge on any atom is -0.329 e. The Morgan fingerprint density at radius 2 is 1.94 bits per heavy atom. The predicted octanol–water partition coefficient (Wildman–Crippen LogP) is 1.92. The van der Waals surface area contributed by atoms with Gasteiger partial charge in [0.2, 0.25) is 0 Å². The van der Waals surface area contributed by atoms with Gasteiger partial charge in [0.1, 0.15) is 0 Å². The van der Waals surface area contributed by atoms with Crippen LogP contribution in [0.3, 0.4) is 0 Å². The third kappa shape index (κ3) is 3.06. The lowest BCUT2D eigenvalue weighted by Gasteiger charge is -2.51. The van der Waals surface area contributed by atoms with E-state index in [9.17, 15) is 0 Å². The Morgan fingerprint density at radius 1 is 1.22 bits per heavy atom. The summed E-state index contributed by atoms with van der Waals surface area (Å²) in [5.41, 5.74) is 6.49. The SMILES string of the molecule is CCCN1CCC(CN)(N2CCCC(C)C2)CC1. The highest BCUT2D eigenvalue weighted by Crippen LogP contribution is 2.32. The van der Waals surface area contributed by atoms with E-state index in [0.29, 0.717) is 5.54 Å². The van der Waals surface area contributed by atoms with Crippen LogP contribution in [0.5, 0.6) is 0 Å². The second kappa shape index (κ2) is 6.36. The van der Waals surface area contributed by atoms with E-state index in [1.165, 1.54) is 64.8 Å². The van der Waals surface area contributed by atoms with Gasteiger partial charge in [0, 0.05) is 18.6 Å². The fraction of sp³-hybridized carbons (Fsp3) is 1.00. The molecule has 18 heavy (non-hydrogen) atoms. The number of likely N-dealkylation sites (tertiary alicyclic amines) is 2. The van der Waals surface area contributed by atoms with Crippen molar-refractivity contribution in [3.63, 3.8) is 0 Å². The third-order valence-electron chi connectivity index (χ3n) is 5.03. The monoisotopic (exact) mass is 253 g/mol. The zero-order chi connectivity index (χ0) is 13.0. The summed E-state index contributed by atoms with van der Waals surface area (Å²) >= 11 is 0. The minimum absolute atomic E-state index is 0.318. The first-order chi connectivity index (χ1) is 8.70. The van der Waals surface area contributed by atoms with Crippen molar-refractivity contribution in [2.75, 3.05) is 39.3 Å². The molecule has 3 heteroatoms.